The van der Waals surface area contributed by atoms with E-state index < -0.39 is 0 Å². The standard InChI is InChI=1S/C19H32N2/c1-15(2)18-7-5-17(6-8-18)13-19(4,14-20)21-11-9-16(3)10-12-21/h5-8,15-16H,9-14,20H2,1-4H3. The fraction of sp³-hybridized carbons (Fsp3) is 0.684. The molecular weight excluding hydrogens is 256 g/mol. The second-order valence-corrected chi connectivity index (χ2v) is 7.44. The molecule has 1 aromatic rings. The summed E-state index contributed by atoms with van der Waals surface area (Å²) < 4.78 is 0. The molecule has 2 heteroatoms. The number of hydrogen-bond acceptors (Lipinski definition) is 2. The Hall–Kier alpha value is -0.860. The number of hydrogen-bond donors (Lipinski definition) is 1. The first-order chi connectivity index (χ1) is 9.94. The molecule has 1 aliphatic rings. The zero-order chi connectivity index (χ0) is 15.5. The molecule has 1 unspecified atom stereocenters. The van der Waals surface area contributed by atoms with Crippen molar-refractivity contribution in [2.75, 3.05) is 19.6 Å². The van der Waals surface area contributed by atoms with E-state index in [4.69, 9.17) is 5.73 Å². The minimum absolute atomic E-state index is 0.0967. The maximum Gasteiger partial charge on any atom is 0.0343 e. The zero-order valence-electron chi connectivity index (χ0n) is 14.2. The Morgan fingerprint density at radius 3 is 2.24 bits per heavy atom. The van der Waals surface area contributed by atoms with Gasteiger partial charge in [0.05, 0.1) is 0 Å². The van der Waals surface area contributed by atoms with Crippen molar-refractivity contribution in [2.24, 2.45) is 11.7 Å². The maximum absolute atomic E-state index is 6.16. The Morgan fingerprint density at radius 2 is 1.76 bits per heavy atom. The van der Waals surface area contributed by atoms with Crippen molar-refractivity contribution in [2.45, 2.75) is 58.4 Å². The van der Waals surface area contributed by atoms with Crippen molar-refractivity contribution < 1.29 is 0 Å². The molecule has 1 aliphatic heterocycles. The lowest BCUT2D eigenvalue weighted by Crippen LogP contribution is -2.55. The van der Waals surface area contributed by atoms with Crippen LogP contribution in [0.5, 0.6) is 0 Å². The lowest BCUT2D eigenvalue weighted by atomic mass is 9.87. The molecule has 0 spiro atoms. The van der Waals surface area contributed by atoms with Crippen LogP contribution in [0.3, 0.4) is 0 Å². The van der Waals surface area contributed by atoms with Crippen LogP contribution in [0.15, 0.2) is 24.3 Å². The van der Waals surface area contributed by atoms with E-state index in [0.717, 1.165) is 18.9 Å². The van der Waals surface area contributed by atoms with Crippen molar-refractivity contribution in [1.82, 2.24) is 4.90 Å². The van der Waals surface area contributed by atoms with Gasteiger partial charge in [0, 0.05) is 12.1 Å². The lowest BCUT2D eigenvalue weighted by molar-refractivity contribution is 0.0709. The predicted molar refractivity (Wildman–Crippen MR) is 91.7 cm³/mol. The van der Waals surface area contributed by atoms with Crippen LogP contribution in [-0.2, 0) is 6.42 Å². The number of likely N-dealkylation sites (tertiary alicyclic amines) is 1. The molecule has 1 heterocycles. The van der Waals surface area contributed by atoms with Crippen molar-refractivity contribution >= 4 is 0 Å². The summed E-state index contributed by atoms with van der Waals surface area (Å²) in [6, 6.07) is 9.12. The first kappa shape index (κ1) is 16.5. The topological polar surface area (TPSA) is 29.3 Å². The lowest BCUT2D eigenvalue weighted by Gasteiger charge is -2.44. The second-order valence-electron chi connectivity index (χ2n) is 7.44. The van der Waals surface area contributed by atoms with Gasteiger partial charge in [0.25, 0.3) is 0 Å². The van der Waals surface area contributed by atoms with Crippen molar-refractivity contribution in [3.63, 3.8) is 0 Å². The summed E-state index contributed by atoms with van der Waals surface area (Å²) in [4.78, 5) is 2.61. The first-order valence-electron chi connectivity index (χ1n) is 8.48. The molecule has 2 N–H and O–H groups in total. The SMILES string of the molecule is CC1CCN(C(C)(CN)Cc2ccc(C(C)C)cc2)CC1. The van der Waals surface area contributed by atoms with Crippen LogP contribution < -0.4 is 5.73 Å². The smallest absolute Gasteiger partial charge is 0.0343 e. The highest BCUT2D eigenvalue weighted by Gasteiger charge is 2.32. The molecule has 2 nitrogen and oxygen atoms in total. The third kappa shape index (κ3) is 4.08. The van der Waals surface area contributed by atoms with Gasteiger partial charge >= 0.3 is 0 Å². The summed E-state index contributed by atoms with van der Waals surface area (Å²) in [5.74, 6) is 1.47. The second kappa shape index (κ2) is 6.93. The van der Waals surface area contributed by atoms with Crippen LogP contribution >= 0.6 is 0 Å². The zero-order valence-corrected chi connectivity index (χ0v) is 14.2. The molecule has 2 rings (SSSR count). The molecule has 1 atom stereocenters. The molecule has 21 heavy (non-hydrogen) atoms. The van der Waals surface area contributed by atoms with Crippen LogP contribution in [0.1, 0.15) is 57.6 Å². The third-order valence-electron chi connectivity index (χ3n) is 5.22. The average molecular weight is 288 g/mol. The van der Waals surface area contributed by atoms with Crippen molar-refractivity contribution in [1.29, 1.82) is 0 Å². The van der Waals surface area contributed by atoms with Gasteiger partial charge in [-0.2, -0.15) is 0 Å². The summed E-state index contributed by atoms with van der Waals surface area (Å²) in [5.41, 5.74) is 9.08. The molecule has 1 fully saturated rings. The molecule has 1 aromatic carbocycles. The van der Waals surface area contributed by atoms with E-state index in [1.807, 2.05) is 0 Å². The van der Waals surface area contributed by atoms with E-state index >= 15 is 0 Å². The Morgan fingerprint density at radius 1 is 1.19 bits per heavy atom. The van der Waals surface area contributed by atoms with Gasteiger partial charge in [-0.1, -0.05) is 45.0 Å². The highest BCUT2D eigenvalue weighted by Crippen LogP contribution is 2.27. The summed E-state index contributed by atoms with van der Waals surface area (Å²) in [6.45, 7) is 12.3. The number of nitrogens with zero attached hydrogens (tertiary/aromatic N) is 1. The average Bonchev–Trinajstić information content (AvgIpc) is 2.48. The number of piperidine rings is 1. The first-order valence-corrected chi connectivity index (χ1v) is 8.48. The fourth-order valence-electron chi connectivity index (χ4n) is 3.32. The molecular formula is C19H32N2. The van der Waals surface area contributed by atoms with E-state index in [0.29, 0.717) is 5.92 Å². The van der Waals surface area contributed by atoms with Crippen LogP contribution in [0.25, 0.3) is 0 Å². The van der Waals surface area contributed by atoms with Crippen molar-refractivity contribution in [3.05, 3.63) is 35.4 Å². The summed E-state index contributed by atoms with van der Waals surface area (Å²) in [7, 11) is 0. The van der Waals surface area contributed by atoms with Gasteiger partial charge in [-0.05, 0) is 62.2 Å². The highest BCUT2D eigenvalue weighted by atomic mass is 15.2. The van der Waals surface area contributed by atoms with Crippen LogP contribution in [0.4, 0.5) is 0 Å². The normalized spacial score (nSPS) is 20.7. The van der Waals surface area contributed by atoms with E-state index in [1.54, 1.807) is 0 Å². The Bertz CT molecular complexity index is 429. The summed E-state index contributed by atoms with van der Waals surface area (Å²) >= 11 is 0. The van der Waals surface area contributed by atoms with Gasteiger partial charge in [-0.25, -0.2) is 0 Å². The van der Waals surface area contributed by atoms with Gasteiger partial charge < -0.3 is 5.73 Å². The van der Waals surface area contributed by atoms with Crippen molar-refractivity contribution in [3.8, 4) is 0 Å². The number of rotatable bonds is 5. The van der Waals surface area contributed by atoms with E-state index in [-0.39, 0.29) is 5.54 Å². The Kier molecular flexibility index (Phi) is 5.45. The van der Waals surface area contributed by atoms with Crippen LogP contribution in [0.2, 0.25) is 0 Å². The fourth-order valence-corrected chi connectivity index (χ4v) is 3.32. The third-order valence-corrected chi connectivity index (χ3v) is 5.22. The Balaban J connectivity index is 2.06. The number of nitrogens with two attached hydrogens (primary N) is 1. The molecule has 0 saturated carbocycles. The van der Waals surface area contributed by atoms with Gasteiger partial charge in [0.1, 0.15) is 0 Å². The molecule has 0 aliphatic carbocycles. The predicted octanol–water partition coefficient (Wildman–Crippen LogP) is 3.80. The largest absolute Gasteiger partial charge is 0.329 e. The summed E-state index contributed by atoms with van der Waals surface area (Å²) in [6.07, 6.45) is 3.67. The minimum Gasteiger partial charge on any atom is -0.329 e. The van der Waals surface area contributed by atoms with Gasteiger partial charge in [0.2, 0.25) is 0 Å². The van der Waals surface area contributed by atoms with E-state index in [9.17, 15) is 0 Å². The van der Waals surface area contributed by atoms with Crippen LogP contribution in [0, 0.1) is 5.92 Å². The quantitative estimate of drug-likeness (QED) is 0.893. The van der Waals surface area contributed by atoms with E-state index in [1.165, 1.54) is 37.1 Å². The number of benzene rings is 1. The maximum atomic E-state index is 6.16. The molecule has 0 amide bonds. The van der Waals surface area contributed by atoms with Gasteiger partial charge in [-0.15, -0.1) is 0 Å². The van der Waals surface area contributed by atoms with Gasteiger partial charge in [-0.3, -0.25) is 4.90 Å². The molecule has 0 aromatic heterocycles. The summed E-state index contributed by atoms with van der Waals surface area (Å²) in [5, 5.41) is 0. The molecule has 0 bridgehead atoms. The van der Waals surface area contributed by atoms with Gasteiger partial charge in [0.15, 0.2) is 0 Å². The van der Waals surface area contributed by atoms with E-state index in [2.05, 4.69) is 56.9 Å². The minimum atomic E-state index is 0.0967. The van der Waals surface area contributed by atoms with Crippen LogP contribution in [-0.4, -0.2) is 30.1 Å². The molecule has 118 valence electrons. The monoisotopic (exact) mass is 288 g/mol. The molecule has 1 saturated heterocycles. The highest BCUT2D eigenvalue weighted by molar-refractivity contribution is 5.26. The molecule has 0 radical (unpaired) electrons. The Labute approximate surface area is 130 Å².